The summed E-state index contributed by atoms with van der Waals surface area (Å²) in [5, 5.41) is 0. The van der Waals surface area contributed by atoms with E-state index in [1.165, 1.54) is 0 Å². The molecule has 4 heteroatoms. The van der Waals surface area contributed by atoms with Crippen molar-refractivity contribution in [2.24, 2.45) is 0 Å². The molecule has 0 aliphatic rings. The third kappa shape index (κ3) is 2.12. The maximum absolute atomic E-state index is 11.4. The van der Waals surface area contributed by atoms with Gasteiger partial charge in [-0.3, -0.25) is 4.98 Å². The lowest BCUT2D eigenvalue weighted by atomic mass is 10.1. The number of ether oxygens (including phenoxy) is 1. The van der Waals surface area contributed by atoms with Crippen molar-refractivity contribution < 1.29 is 9.53 Å². The number of aromatic nitrogens is 1. The smallest absolute Gasteiger partial charge is 0.340 e. The normalized spacial score (nSPS) is 10.0. The van der Waals surface area contributed by atoms with Gasteiger partial charge in [-0.15, -0.1) is 0 Å². The van der Waals surface area contributed by atoms with E-state index in [0.29, 0.717) is 12.2 Å². The summed E-state index contributed by atoms with van der Waals surface area (Å²) < 4.78 is 5.77. The number of hydrogen-bond acceptors (Lipinski definition) is 3. The second kappa shape index (κ2) is 4.55. The summed E-state index contributed by atoms with van der Waals surface area (Å²) in [6.07, 6.45) is 1.55. The van der Waals surface area contributed by atoms with Crippen LogP contribution in [0.2, 0.25) is 0 Å². The lowest BCUT2D eigenvalue weighted by Crippen LogP contribution is -2.08. The quantitative estimate of drug-likeness (QED) is 0.765. The van der Waals surface area contributed by atoms with Crippen molar-refractivity contribution in [1.29, 1.82) is 0 Å². The van der Waals surface area contributed by atoms with Gasteiger partial charge < -0.3 is 4.74 Å². The van der Waals surface area contributed by atoms with E-state index in [4.69, 9.17) is 4.74 Å². The van der Waals surface area contributed by atoms with Gasteiger partial charge in [-0.1, -0.05) is 0 Å². The minimum Gasteiger partial charge on any atom is -0.462 e. The number of nitrogens with zero attached hydrogens (tertiary/aromatic N) is 1. The number of aryl methyl sites for hydroxylation is 1. The van der Waals surface area contributed by atoms with Crippen molar-refractivity contribution in [3.63, 3.8) is 0 Å². The molecule has 0 spiro atoms. The number of carbonyl (C=O) groups is 1. The van der Waals surface area contributed by atoms with Crippen LogP contribution in [0.3, 0.4) is 0 Å². The Bertz CT molecular complexity index is 363. The molecule has 76 valence electrons. The zero-order valence-corrected chi connectivity index (χ0v) is 10.0. The zero-order valence-electron chi connectivity index (χ0n) is 8.43. The van der Waals surface area contributed by atoms with Gasteiger partial charge in [0.2, 0.25) is 0 Å². The van der Waals surface area contributed by atoms with Crippen molar-refractivity contribution in [3.8, 4) is 0 Å². The van der Waals surface area contributed by atoms with Crippen LogP contribution >= 0.6 is 15.9 Å². The van der Waals surface area contributed by atoms with Crippen LogP contribution in [0.4, 0.5) is 0 Å². The van der Waals surface area contributed by atoms with Crippen LogP contribution in [0.5, 0.6) is 0 Å². The van der Waals surface area contributed by atoms with Gasteiger partial charge >= 0.3 is 5.97 Å². The van der Waals surface area contributed by atoms with Gasteiger partial charge in [0.05, 0.1) is 17.9 Å². The fourth-order valence-electron chi connectivity index (χ4n) is 1.12. The van der Waals surface area contributed by atoms with Crippen LogP contribution < -0.4 is 0 Å². The Morgan fingerprint density at radius 2 is 2.21 bits per heavy atom. The molecule has 0 fully saturated rings. The first-order chi connectivity index (χ1) is 6.57. The Balaban J connectivity index is 3.11. The second-order valence-corrected chi connectivity index (χ2v) is 3.71. The second-order valence-electron chi connectivity index (χ2n) is 2.92. The van der Waals surface area contributed by atoms with E-state index in [1.54, 1.807) is 13.1 Å². The van der Waals surface area contributed by atoms with Crippen molar-refractivity contribution >= 4 is 21.9 Å². The van der Waals surface area contributed by atoms with Crippen LogP contribution in [0, 0.1) is 13.8 Å². The molecule has 0 bridgehead atoms. The molecule has 0 saturated carbocycles. The van der Waals surface area contributed by atoms with Gasteiger partial charge in [0.25, 0.3) is 0 Å². The van der Waals surface area contributed by atoms with Gasteiger partial charge in [-0.05, 0) is 42.3 Å². The third-order valence-corrected chi connectivity index (χ3v) is 3.10. The molecule has 0 N–H and O–H groups in total. The fourth-order valence-corrected chi connectivity index (χ4v) is 1.44. The number of carbonyl (C=O) groups excluding carboxylic acids is 1. The molecule has 0 radical (unpaired) electrons. The minimum atomic E-state index is -0.321. The summed E-state index contributed by atoms with van der Waals surface area (Å²) in [6.45, 7) is 5.91. The first-order valence-corrected chi connectivity index (χ1v) is 5.16. The number of rotatable bonds is 2. The zero-order chi connectivity index (χ0) is 10.7. The van der Waals surface area contributed by atoms with Crippen molar-refractivity contribution in [2.75, 3.05) is 6.61 Å². The van der Waals surface area contributed by atoms with Crippen LogP contribution in [0.25, 0.3) is 0 Å². The first kappa shape index (κ1) is 11.2. The minimum absolute atomic E-state index is 0.321. The molecule has 0 unspecified atom stereocenters. The summed E-state index contributed by atoms with van der Waals surface area (Å²) >= 11 is 3.38. The summed E-state index contributed by atoms with van der Waals surface area (Å²) in [7, 11) is 0. The molecule has 0 aliphatic heterocycles. The number of hydrogen-bond donors (Lipinski definition) is 0. The molecule has 0 aromatic carbocycles. The average molecular weight is 258 g/mol. The molecule has 0 atom stereocenters. The molecular weight excluding hydrogens is 246 g/mol. The van der Waals surface area contributed by atoms with Crippen LogP contribution in [-0.2, 0) is 4.74 Å². The fraction of sp³-hybridized carbons (Fsp3) is 0.400. The molecule has 1 aromatic heterocycles. The Morgan fingerprint density at radius 3 is 2.79 bits per heavy atom. The predicted molar refractivity (Wildman–Crippen MR) is 57.4 cm³/mol. The highest BCUT2D eigenvalue weighted by Gasteiger charge is 2.13. The lowest BCUT2D eigenvalue weighted by molar-refractivity contribution is 0.0525. The maximum atomic E-state index is 11.4. The topological polar surface area (TPSA) is 39.2 Å². The van der Waals surface area contributed by atoms with E-state index in [0.717, 1.165) is 15.7 Å². The van der Waals surface area contributed by atoms with Gasteiger partial charge in [-0.25, -0.2) is 4.79 Å². The SMILES string of the molecule is CCOC(=O)c1cnc(C)c(Br)c1C. The van der Waals surface area contributed by atoms with Crippen LogP contribution in [0.1, 0.15) is 28.5 Å². The molecule has 0 saturated heterocycles. The van der Waals surface area contributed by atoms with Gasteiger partial charge in [-0.2, -0.15) is 0 Å². The van der Waals surface area contributed by atoms with Crippen molar-refractivity contribution in [3.05, 3.63) is 27.5 Å². The largest absolute Gasteiger partial charge is 0.462 e. The van der Waals surface area contributed by atoms with Crippen LogP contribution in [-0.4, -0.2) is 17.6 Å². The molecular formula is C10H12BrNO2. The van der Waals surface area contributed by atoms with E-state index in [9.17, 15) is 4.79 Å². The van der Waals surface area contributed by atoms with Gasteiger partial charge in [0, 0.05) is 10.7 Å². The van der Waals surface area contributed by atoms with Gasteiger partial charge in [0.15, 0.2) is 0 Å². The highest BCUT2D eigenvalue weighted by molar-refractivity contribution is 9.10. The summed E-state index contributed by atoms with van der Waals surface area (Å²) in [5.74, 6) is -0.321. The van der Waals surface area contributed by atoms with E-state index >= 15 is 0 Å². The van der Waals surface area contributed by atoms with Crippen molar-refractivity contribution in [1.82, 2.24) is 4.98 Å². The summed E-state index contributed by atoms with van der Waals surface area (Å²) in [6, 6.07) is 0. The highest BCUT2D eigenvalue weighted by Crippen LogP contribution is 2.22. The summed E-state index contributed by atoms with van der Waals surface area (Å²) in [4.78, 5) is 15.5. The Morgan fingerprint density at radius 1 is 1.57 bits per heavy atom. The highest BCUT2D eigenvalue weighted by atomic mass is 79.9. The van der Waals surface area contributed by atoms with Gasteiger partial charge in [0.1, 0.15) is 0 Å². The maximum Gasteiger partial charge on any atom is 0.340 e. The number of esters is 1. The monoisotopic (exact) mass is 257 g/mol. The molecule has 1 heterocycles. The molecule has 0 aliphatic carbocycles. The van der Waals surface area contributed by atoms with E-state index in [1.807, 2.05) is 13.8 Å². The Labute approximate surface area is 91.6 Å². The molecule has 0 amide bonds. The number of halogens is 1. The standard InChI is InChI=1S/C10H12BrNO2/c1-4-14-10(13)8-5-12-7(3)9(11)6(8)2/h5H,4H2,1-3H3. The first-order valence-electron chi connectivity index (χ1n) is 4.36. The molecule has 3 nitrogen and oxygen atoms in total. The summed E-state index contributed by atoms with van der Waals surface area (Å²) in [5.41, 5.74) is 2.26. The molecule has 1 aromatic rings. The Kier molecular flexibility index (Phi) is 3.63. The van der Waals surface area contributed by atoms with E-state index < -0.39 is 0 Å². The lowest BCUT2D eigenvalue weighted by Gasteiger charge is -2.07. The van der Waals surface area contributed by atoms with Crippen LogP contribution in [0.15, 0.2) is 10.7 Å². The predicted octanol–water partition coefficient (Wildman–Crippen LogP) is 2.64. The van der Waals surface area contributed by atoms with E-state index in [2.05, 4.69) is 20.9 Å². The molecule has 1 rings (SSSR count). The molecule has 14 heavy (non-hydrogen) atoms. The Hall–Kier alpha value is -0.900. The van der Waals surface area contributed by atoms with E-state index in [-0.39, 0.29) is 5.97 Å². The third-order valence-electron chi connectivity index (χ3n) is 1.93. The number of pyridine rings is 1. The average Bonchev–Trinajstić information content (AvgIpc) is 2.15. The van der Waals surface area contributed by atoms with Crippen molar-refractivity contribution in [2.45, 2.75) is 20.8 Å².